The summed E-state index contributed by atoms with van der Waals surface area (Å²) < 4.78 is 24.8. The number of imide groups is 2. The number of amides is 4. The molecule has 0 unspecified atom stereocenters. The highest BCUT2D eigenvalue weighted by Gasteiger charge is 2.38. The number of urea groups is 1. The molecule has 0 saturated carbocycles. The maximum absolute atomic E-state index is 14.1. The summed E-state index contributed by atoms with van der Waals surface area (Å²) in [6, 6.07) is 7.21. The number of carbonyl (C=O) groups is 3. The molecule has 3 rings (SSSR count). The zero-order valence-corrected chi connectivity index (χ0v) is 16.2. The van der Waals surface area contributed by atoms with E-state index in [4.69, 9.17) is 21.1 Å². The first kappa shape index (κ1) is 20.3. The molecule has 1 aliphatic heterocycles. The van der Waals surface area contributed by atoms with Crippen LogP contribution in [0.15, 0.2) is 42.0 Å². The van der Waals surface area contributed by atoms with Gasteiger partial charge in [-0.1, -0.05) is 23.7 Å². The van der Waals surface area contributed by atoms with Crippen LogP contribution in [0.5, 0.6) is 11.5 Å². The van der Waals surface area contributed by atoms with Crippen LogP contribution >= 0.6 is 11.6 Å². The van der Waals surface area contributed by atoms with E-state index in [1.54, 1.807) is 6.92 Å². The highest BCUT2D eigenvalue weighted by molar-refractivity contribution is 6.39. The normalized spacial score (nSPS) is 15.5. The SMILES string of the molecule is CCOc1c(Cl)cc(C=C2C(=O)NC(=O)N(c3ccccc3F)C2=O)cc1OC. The van der Waals surface area contributed by atoms with Gasteiger partial charge in [0, 0.05) is 0 Å². The summed E-state index contributed by atoms with van der Waals surface area (Å²) in [5, 5.41) is 2.25. The van der Waals surface area contributed by atoms with Crippen molar-refractivity contribution in [2.45, 2.75) is 6.92 Å². The highest BCUT2D eigenvalue weighted by Crippen LogP contribution is 2.37. The number of ether oxygens (including phenoxy) is 2. The number of benzene rings is 2. The number of rotatable bonds is 5. The van der Waals surface area contributed by atoms with Crippen molar-refractivity contribution in [3.8, 4) is 11.5 Å². The fraction of sp³-hybridized carbons (Fsp3) is 0.150. The third-order valence-electron chi connectivity index (χ3n) is 4.05. The van der Waals surface area contributed by atoms with Gasteiger partial charge in [-0.25, -0.2) is 14.1 Å². The van der Waals surface area contributed by atoms with E-state index >= 15 is 0 Å². The third kappa shape index (κ3) is 3.93. The van der Waals surface area contributed by atoms with Gasteiger partial charge < -0.3 is 9.47 Å². The van der Waals surface area contributed by atoms with Crippen molar-refractivity contribution in [1.29, 1.82) is 0 Å². The summed E-state index contributed by atoms with van der Waals surface area (Å²) in [6.45, 7) is 2.14. The molecule has 2 aromatic rings. The van der Waals surface area contributed by atoms with Crippen molar-refractivity contribution in [3.63, 3.8) is 0 Å². The molecule has 1 fully saturated rings. The molecule has 1 aliphatic rings. The van der Waals surface area contributed by atoms with Gasteiger partial charge in [0.2, 0.25) is 0 Å². The van der Waals surface area contributed by atoms with Gasteiger partial charge in [0.15, 0.2) is 11.5 Å². The average molecular weight is 419 g/mol. The van der Waals surface area contributed by atoms with E-state index in [0.29, 0.717) is 28.6 Å². The number of hydrogen-bond acceptors (Lipinski definition) is 5. The van der Waals surface area contributed by atoms with E-state index in [2.05, 4.69) is 0 Å². The minimum atomic E-state index is -1.04. The predicted octanol–water partition coefficient (Wildman–Crippen LogP) is 3.55. The molecular formula is C20H16ClFN2O5. The Morgan fingerprint density at radius 1 is 1.21 bits per heavy atom. The monoisotopic (exact) mass is 418 g/mol. The number of hydrogen-bond donors (Lipinski definition) is 1. The van der Waals surface area contributed by atoms with Crippen molar-refractivity contribution < 1.29 is 28.2 Å². The standard InChI is InChI=1S/C20H16ClFN2O5/c1-3-29-17-13(21)9-11(10-16(17)28-2)8-12-18(25)23-20(27)24(19(12)26)15-7-5-4-6-14(15)22/h4-10H,3H2,1-2H3,(H,23,25,27). The molecule has 0 aliphatic carbocycles. The van der Waals surface area contributed by atoms with Crippen LogP contribution in [0.1, 0.15) is 12.5 Å². The molecule has 7 nitrogen and oxygen atoms in total. The van der Waals surface area contributed by atoms with Crippen molar-refractivity contribution in [3.05, 3.63) is 58.4 Å². The number of anilines is 1. The average Bonchev–Trinajstić information content (AvgIpc) is 2.68. The molecule has 0 radical (unpaired) electrons. The smallest absolute Gasteiger partial charge is 0.336 e. The summed E-state index contributed by atoms with van der Waals surface area (Å²) in [4.78, 5) is 37.8. The number of barbiturate groups is 1. The fourth-order valence-corrected chi connectivity index (χ4v) is 3.06. The van der Waals surface area contributed by atoms with Gasteiger partial charge in [-0.15, -0.1) is 0 Å². The second-order valence-electron chi connectivity index (χ2n) is 5.88. The van der Waals surface area contributed by atoms with Gasteiger partial charge in [0.25, 0.3) is 11.8 Å². The molecule has 0 aromatic heterocycles. The van der Waals surface area contributed by atoms with Crippen LogP contribution in [-0.4, -0.2) is 31.6 Å². The molecule has 2 aromatic carbocycles. The topological polar surface area (TPSA) is 84.9 Å². The molecule has 1 saturated heterocycles. The number of methoxy groups -OCH3 is 1. The Morgan fingerprint density at radius 3 is 2.59 bits per heavy atom. The van der Waals surface area contributed by atoms with E-state index in [-0.39, 0.29) is 16.3 Å². The lowest BCUT2D eigenvalue weighted by Gasteiger charge is -2.26. The van der Waals surface area contributed by atoms with E-state index in [0.717, 1.165) is 6.07 Å². The van der Waals surface area contributed by atoms with Crippen LogP contribution in [-0.2, 0) is 9.59 Å². The Kier molecular flexibility index (Phi) is 5.84. The van der Waals surface area contributed by atoms with Gasteiger partial charge in [-0.3, -0.25) is 14.9 Å². The quantitative estimate of drug-likeness (QED) is 0.593. The zero-order chi connectivity index (χ0) is 21.1. The third-order valence-corrected chi connectivity index (χ3v) is 4.33. The number of nitrogens with zero attached hydrogens (tertiary/aromatic N) is 1. The lowest BCUT2D eigenvalue weighted by atomic mass is 10.1. The van der Waals surface area contributed by atoms with E-state index in [1.165, 1.54) is 43.5 Å². The maximum atomic E-state index is 14.1. The minimum absolute atomic E-state index is 0.212. The van der Waals surface area contributed by atoms with Crippen LogP contribution in [0.2, 0.25) is 5.02 Å². The maximum Gasteiger partial charge on any atom is 0.336 e. The van der Waals surface area contributed by atoms with Crippen LogP contribution in [0.3, 0.4) is 0 Å². The summed E-state index contributed by atoms with van der Waals surface area (Å²) in [7, 11) is 1.42. The largest absolute Gasteiger partial charge is 0.493 e. The van der Waals surface area contributed by atoms with Crippen LogP contribution in [0.25, 0.3) is 6.08 Å². The van der Waals surface area contributed by atoms with Crippen molar-refractivity contribution in [2.24, 2.45) is 0 Å². The number of halogens is 2. The summed E-state index contributed by atoms with van der Waals surface area (Å²) in [5.41, 5.74) is -0.275. The number of nitrogens with one attached hydrogen (secondary N) is 1. The zero-order valence-electron chi connectivity index (χ0n) is 15.5. The molecule has 150 valence electrons. The lowest BCUT2D eigenvalue weighted by Crippen LogP contribution is -2.54. The Bertz CT molecular complexity index is 1040. The van der Waals surface area contributed by atoms with Crippen molar-refractivity contribution >= 4 is 41.2 Å². The van der Waals surface area contributed by atoms with Gasteiger partial charge in [-0.2, -0.15) is 0 Å². The summed E-state index contributed by atoms with van der Waals surface area (Å²) >= 11 is 6.22. The predicted molar refractivity (Wildman–Crippen MR) is 105 cm³/mol. The summed E-state index contributed by atoms with van der Waals surface area (Å²) in [5.74, 6) is -2.03. The van der Waals surface area contributed by atoms with Gasteiger partial charge in [0.1, 0.15) is 11.4 Å². The Balaban J connectivity index is 2.05. The molecule has 0 spiro atoms. The van der Waals surface area contributed by atoms with Crippen molar-refractivity contribution in [2.75, 3.05) is 18.6 Å². The number of carbonyl (C=O) groups excluding carboxylic acids is 3. The highest BCUT2D eigenvalue weighted by atomic mass is 35.5. The molecule has 4 amide bonds. The van der Waals surface area contributed by atoms with Gasteiger partial charge in [-0.05, 0) is 42.8 Å². The van der Waals surface area contributed by atoms with E-state index in [9.17, 15) is 18.8 Å². The van der Waals surface area contributed by atoms with Crippen LogP contribution < -0.4 is 19.7 Å². The Morgan fingerprint density at radius 2 is 1.93 bits per heavy atom. The van der Waals surface area contributed by atoms with E-state index < -0.39 is 23.7 Å². The molecule has 0 atom stereocenters. The molecular weight excluding hydrogens is 403 g/mol. The fourth-order valence-electron chi connectivity index (χ4n) is 2.78. The first-order valence-electron chi connectivity index (χ1n) is 8.53. The number of para-hydroxylation sites is 1. The van der Waals surface area contributed by atoms with Gasteiger partial charge >= 0.3 is 6.03 Å². The van der Waals surface area contributed by atoms with Gasteiger partial charge in [0.05, 0.1) is 24.4 Å². The first-order chi connectivity index (χ1) is 13.9. The molecule has 9 heteroatoms. The molecule has 1 heterocycles. The lowest BCUT2D eigenvalue weighted by molar-refractivity contribution is -0.122. The first-order valence-corrected chi connectivity index (χ1v) is 8.91. The van der Waals surface area contributed by atoms with Crippen molar-refractivity contribution in [1.82, 2.24) is 5.32 Å². The second-order valence-corrected chi connectivity index (χ2v) is 6.28. The molecule has 29 heavy (non-hydrogen) atoms. The van der Waals surface area contributed by atoms with E-state index in [1.807, 2.05) is 5.32 Å². The molecule has 0 bridgehead atoms. The minimum Gasteiger partial charge on any atom is -0.493 e. The Labute approximate surface area is 170 Å². The summed E-state index contributed by atoms with van der Waals surface area (Å²) in [6.07, 6.45) is 1.24. The van der Waals surface area contributed by atoms with Crippen LogP contribution in [0, 0.1) is 5.82 Å². The second kappa shape index (κ2) is 8.32. The van der Waals surface area contributed by atoms with Crippen LogP contribution in [0.4, 0.5) is 14.9 Å². The molecule has 1 N–H and O–H groups in total. The Hall–Kier alpha value is -3.39.